The van der Waals surface area contributed by atoms with Gasteiger partial charge in [-0.1, -0.05) is 38.1 Å². The molecular formula is C18H28BNO4. The molecule has 1 saturated heterocycles. The van der Waals surface area contributed by atoms with Crippen molar-refractivity contribution in [1.29, 1.82) is 0 Å². The van der Waals surface area contributed by atoms with Gasteiger partial charge >= 0.3 is 13.2 Å². The molecule has 0 atom stereocenters. The molecule has 1 aliphatic rings. The molecular weight excluding hydrogens is 305 g/mol. The molecule has 2 rings (SSSR count). The van der Waals surface area contributed by atoms with Crippen LogP contribution in [0.4, 0.5) is 4.79 Å². The highest BCUT2D eigenvalue weighted by atomic mass is 16.7. The van der Waals surface area contributed by atoms with Crippen molar-refractivity contribution < 1.29 is 18.8 Å². The molecule has 1 fully saturated rings. The zero-order chi connectivity index (χ0) is 18.0. The maximum Gasteiger partial charge on any atom is 0.494 e. The molecule has 1 aromatic rings. The van der Waals surface area contributed by atoms with Crippen LogP contribution >= 0.6 is 0 Å². The topological polar surface area (TPSA) is 56.8 Å². The van der Waals surface area contributed by atoms with Crippen LogP contribution in [0.25, 0.3) is 0 Å². The van der Waals surface area contributed by atoms with Gasteiger partial charge in [-0.15, -0.1) is 0 Å². The van der Waals surface area contributed by atoms with Crippen LogP contribution in [-0.4, -0.2) is 31.0 Å². The summed E-state index contributed by atoms with van der Waals surface area (Å²) >= 11 is 0. The van der Waals surface area contributed by atoms with E-state index in [4.69, 9.17) is 14.0 Å². The largest absolute Gasteiger partial charge is 0.494 e. The molecule has 5 nitrogen and oxygen atoms in total. The van der Waals surface area contributed by atoms with Gasteiger partial charge < -0.3 is 19.4 Å². The van der Waals surface area contributed by atoms with Gasteiger partial charge in [0.2, 0.25) is 0 Å². The Morgan fingerprint density at radius 3 is 2.42 bits per heavy atom. The Morgan fingerprint density at radius 2 is 1.83 bits per heavy atom. The first kappa shape index (κ1) is 18.8. The summed E-state index contributed by atoms with van der Waals surface area (Å²) in [6.07, 6.45) is -0.398. The summed E-state index contributed by atoms with van der Waals surface area (Å²) in [6, 6.07) is 7.86. The quantitative estimate of drug-likeness (QED) is 0.842. The number of carbonyl (C=O) groups excluding carboxylic acids is 1. The van der Waals surface area contributed by atoms with E-state index in [1.807, 2.05) is 65.8 Å². The van der Waals surface area contributed by atoms with Crippen LogP contribution in [0.2, 0.25) is 0 Å². The standard InChI is InChI=1S/C18H28BNO4/c1-13(2)12-22-16(21)20-11-14-8-7-9-15(10-14)19-23-17(3,4)18(5,6)24-19/h7-10,13H,11-12H2,1-6H3,(H,20,21). The van der Waals surface area contributed by atoms with Gasteiger partial charge in [-0.05, 0) is 44.6 Å². The van der Waals surface area contributed by atoms with E-state index < -0.39 is 13.2 Å². The molecule has 132 valence electrons. The number of nitrogens with one attached hydrogen (secondary N) is 1. The second-order valence-corrected chi connectivity index (χ2v) is 7.68. The Labute approximate surface area is 145 Å². The van der Waals surface area contributed by atoms with Crippen molar-refractivity contribution in [3.8, 4) is 0 Å². The molecule has 1 heterocycles. The van der Waals surface area contributed by atoms with Crippen molar-refractivity contribution >= 4 is 18.7 Å². The highest BCUT2D eigenvalue weighted by Gasteiger charge is 2.51. The summed E-state index contributed by atoms with van der Waals surface area (Å²) in [5, 5.41) is 2.76. The Bertz CT molecular complexity index is 570. The molecule has 6 heteroatoms. The van der Waals surface area contributed by atoms with Crippen molar-refractivity contribution in [3.05, 3.63) is 29.8 Å². The van der Waals surface area contributed by atoms with E-state index in [9.17, 15) is 4.79 Å². The lowest BCUT2D eigenvalue weighted by Gasteiger charge is -2.32. The average Bonchev–Trinajstić information content (AvgIpc) is 2.71. The highest BCUT2D eigenvalue weighted by molar-refractivity contribution is 6.62. The van der Waals surface area contributed by atoms with Gasteiger partial charge in [0, 0.05) is 6.54 Å². The van der Waals surface area contributed by atoms with Crippen molar-refractivity contribution in [1.82, 2.24) is 5.32 Å². The van der Waals surface area contributed by atoms with E-state index in [1.165, 1.54) is 0 Å². The number of amides is 1. The van der Waals surface area contributed by atoms with E-state index in [0.29, 0.717) is 19.1 Å². The summed E-state index contributed by atoms with van der Waals surface area (Å²) in [6.45, 7) is 12.9. The van der Waals surface area contributed by atoms with Crippen LogP contribution in [0.15, 0.2) is 24.3 Å². The second-order valence-electron chi connectivity index (χ2n) is 7.68. The molecule has 24 heavy (non-hydrogen) atoms. The Morgan fingerprint density at radius 1 is 1.21 bits per heavy atom. The summed E-state index contributed by atoms with van der Waals surface area (Å²) in [7, 11) is -0.400. The fourth-order valence-electron chi connectivity index (χ4n) is 2.30. The third-order valence-electron chi connectivity index (χ3n) is 4.46. The number of alkyl carbamates (subject to hydrolysis) is 1. The van der Waals surface area contributed by atoms with Crippen molar-refractivity contribution in [2.24, 2.45) is 5.92 Å². The number of benzene rings is 1. The molecule has 0 aliphatic carbocycles. The smallest absolute Gasteiger partial charge is 0.449 e. The lowest BCUT2D eigenvalue weighted by atomic mass is 9.78. The molecule has 1 aromatic carbocycles. The SMILES string of the molecule is CC(C)COC(=O)NCc1cccc(B2OC(C)(C)C(C)(C)O2)c1. The number of hydrogen-bond donors (Lipinski definition) is 1. The average molecular weight is 333 g/mol. The minimum Gasteiger partial charge on any atom is -0.449 e. The Balaban J connectivity index is 1.96. The molecule has 0 spiro atoms. The first-order valence-electron chi connectivity index (χ1n) is 8.46. The molecule has 0 radical (unpaired) electrons. The number of rotatable bonds is 5. The predicted molar refractivity (Wildman–Crippen MR) is 95.2 cm³/mol. The van der Waals surface area contributed by atoms with Crippen LogP contribution < -0.4 is 10.8 Å². The van der Waals surface area contributed by atoms with Gasteiger partial charge in [-0.2, -0.15) is 0 Å². The third kappa shape index (κ3) is 4.51. The zero-order valence-corrected chi connectivity index (χ0v) is 15.5. The van der Waals surface area contributed by atoms with Crippen molar-refractivity contribution in [2.75, 3.05) is 6.61 Å². The summed E-state index contributed by atoms with van der Waals surface area (Å²) in [5.74, 6) is 0.322. The van der Waals surface area contributed by atoms with Crippen LogP contribution in [0, 0.1) is 5.92 Å². The second kappa shape index (κ2) is 7.15. The number of carbonyl (C=O) groups is 1. The number of ether oxygens (including phenoxy) is 1. The monoisotopic (exact) mass is 333 g/mol. The van der Waals surface area contributed by atoms with E-state index >= 15 is 0 Å². The van der Waals surface area contributed by atoms with Crippen molar-refractivity contribution in [3.63, 3.8) is 0 Å². The molecule has 1 amide bonds. The maximum absolute atomic E-state index is 11.6. The van der Waals surface area contributed by atoms with E-state index in [1.54, 1.807) is 0 Å². The fourth-order valence-corrected chi connectivity index (χ4v) is 2.30. The minimum absolute atomic E-state index is 0.322. The highest BCUT2D eigenvalue weighted by Crippen LogP contribution is 2.36. The lowest BCUT2D eigenvalue weighted by molar-refractivity contribution is 0.00578. The van der Waals surface area contributed by atoms with Gasteiger partial charge in [0.05, 0.1) is 17.8 Å². The molecule has 0 saturated carbocycles. The summed E-state index contributed by atoms with van der Waals surface area (Å²) in [5.41, 5.74) is 1.19. The zero-order valence-electron chi connectivity index (χ0n) is 15.5. The van der Waals surface area contributed by atoms with Crippen LogP contribution in [-0.2, 0) is 20.6 Å². The van der Waals surface area contributed by atoms with Crippen LogP contribution in [0.5, 0.6) is 0 Å². The third-order valence-corrected chi connectivity index (χ3v) is 4.46. The first-order valence-corrected chi connectivity index (χ1v) is 8.46. The van der Waals surface area contributed by atoms with E-state index in [0.717, 1.165) is 11.0 Å². The summed E-state index contributed by atoms with van der Waals surface area (Å²) < 4.78 is 17.2. The van der Waals surface area contributed by atoms with Gasteiger partial charge in [0.25, 0.3) is 0 Å². The molecule has 1 aliphatic heterocycles. The number of hydrogen-bond acceptors (Lipinski definition) is 4. The van der Waals surface area contributed by atoms with E-state index in [2.05, 4.69) is 5.32 Å². The van der Waals surface area contributed by atoms with Crippen molar-refractivity contribution in [2.45, 2.75) is 59.3 Å². The van der Waals surface area contributed by atoms with Gasteiger partial charge in [-0.3, -0.25) is 0 Å². The van der Waals surface area contributed by atoms with E-state index in [-0.39, 0.29) is 11.2 Å². The Hall–Kier alpha value is -1.53. The van der Waals surface area contributed by atoms with Gasteiger partial charge in [0.15, 0.2) is 0 Å². The normalized spacial score (nSPS) is 18.7. The lowest BCUT2D eigenvalue weighted by Crippen LogP contribution is -2.41. The minimum atomic E-state index is -0.400. The molecule has 0 bridgehead atoms. The first-order chi connectivity index (χ1) is 11.1. The van der Waals surface area contributed by atoms with Gasteiger partial charge in [0.1, 0.15) is 0 Å². The Kier molecular flexibility index (Phi) is 5.61. The summed E-state index contributed by atoms with van der Waals surface area (Å²) in [4.78, 5) is 11.6. The predicted octanol–water partition coefficient (Wildman–Crippen LogP) is 2.87. The van der Waals surface area contributed by atoms with Crippen LogP contribution in [0.3, 0.4) is 0 Å². The maximum atomic E-state index is 11.6. The molecule has 0 aromatic heterocycles. The van der Waals surface area contributed by atoms with Crippen LogP contribution in [0.1, 0.15) is 47.1 Å². The molecule has 0 unspecified atom stereocenters. The molecule has 1 N–H and O–H groups in total. The fraction of sp³-hybridized carbons (Fsp3) is 0.611. The van der Waals surface area contributed by atoms with Gasteiger partial charge in [-0.25, -0.2) is 4.79 Å².